The number of para-hydroxylation sites is 4. The fourth-order valence-electron chi connectivity index (χ4n) is 2.97. The van der Waals surface area contributed by atoms with E-state index in [9.17, 15) is 18.6 Å². The molecule has 6 nitrogen and oxygen atoms in total. The van der Waals surface area contributed by atoms with Crippen LogP contribution in [0.15, 0.2) is 107 Å². The first-order valence-electron chi connectivity index (χ1n) is 9.31. The molecule has 31 heavy (non-hydrogen) atoms. The van der Waals surface area contributed by atoms with Crippen molar-refractivity contribution in [2.75, 3.05) is 0 Å². The highest BCUT2D eigenvalue weighted by Crippen LogP contribution is 2.44. The van der Waals surface area contributed by atoms with Crippen LogP contribution < -0.4 is 9.47 Å². The van der Waals surface area contributed by atoms with Crippen LogP contribution in [0.3, 0.4) is 0 Å². The molecular formula is C24H18O6S. The van der Waals surface area contributed by atoms with Gasteiger partial charge >= 0.3 is 0 Å². The maximum absolute atomic E-state index is 13.6. The van der Waals surface area contributed by atoms with Crippen molar-refractivity contribution in [3.63, 3.8) is 0 Å². The van der Waals surface area contributed by atoms with Crippen LogP contribution in [-0.2, 0) is 9.84 Å². The SMILES string of the molecule is O=S(=O)(c1cccc(O)c1Oc1ccccc1)c1cccc(O)c1Oc1ccccc1. The molecule has 0 heterocycles. The topological polar surface area (TPSA) is 93.1 Å². The van der Waals surface area contributed by atoms with Crippen LogP contribution in [0.5, 0.6) is 34.5 Å². The molecule has 0 amide bonds. The number of phenolic OH excluding ortho intramolecular Hbond substituents is 2. The van der Waals surface area contributed by atoms with Crippen molar-refractivity contribution in [3.8, 4) is 34.5 Å². The Morgan fingerprint density at radius 3 is 1.29 bits per heavy atom. The summed E-state index contributed by atoms with van der Waals surface area (Å²) < 4.78 is 38.6. The minimum absolute atomic E-state index is 0.220. The summed E-state index contributed by atoms with van der Waals surface area (Å²) in [5.74, 6) is -0.397. The molecule has 0 saturated carbocycles. The third-order valence-electron chi connectivity index (χ3n) is 4.42. The van der Waals surface area contributed by atoms with Crippen LogP contribution in [0.25, 0.3) is 0 Å². The monoisotopic (exact) mass is 434 g/mol. The molecule has 156 valence electrons. The van der Waals surface area contributed by atoms with E-state index in [2.05, 4.69) is 0 Å². The van der Waals surface area contributed by atoms with Crippen molar-refractivity contribution < 1.29 is 28.1 Å². The lowest BCUT2D eigenvalue weighted by atomic mass is 10.3. The Morgan fingerprint density at radius 1 is 0.516 bits per heavy atom. The number of phenols is 2. The molecule has 4 rings (SSSR count). The van der Waals surface area contributed by atoms with Gasteiger partial charge < -0.3 is 19.7 Å². The van der Waals surface area contributed by atoms with Crippen LogP contribution in [0.2, 0.25) is 0 Å². The maximum atomic E-state index is 13.6. The molecule has 0 spiro atoms. The second kappa shape index (κ2) is 8.41. The van der Waals surface area contributed by atoms with E-state index in [-0.39, 0.29) is 32.8 Å². The van der Waals surface area contributed by atoms with Crippen LogP contribution >= 0.6 is 0 Å². The molecule has 7 heteroatoms. The fraction of sp³-hybridized carbons (Fsp3) is 0. The Bertz CT molecular complexity index is 1210. The van der Waals surface area contributed by atoms with E-state index in [1.807, 2.05) is 0 Å². The highest BCUT2D eigenvalue weighted by atomic mass is 32.2. The molecule has 0 aromatic heterocycles. The average molecular weight is 434 g/mol. The summed E-state index contributed by atoms with van der Waals surface area (Å²) in [6, 6.07) is 25.2. The van der Waals surface area contributed by atoms with Crippen molar-refractivity contribution in [1.29, 1.82) is 0 Å². The molecular weight excluding hydrogens is 416 g/mol. The van der Waals surface area contributed by atoms with Crippen molar-refractivity contribution in [2.45, 2.75) is 9.79 Å². The zero-order chi connectivity index (χ0) is 21.8. The van der Waals surface area contributed by atoms with Gasteiger partial charge in [-0.05, 0) is 48.5 Å². The van der Waals surface area contributed by atoms with Crippen molar-refractivity contribution in [3.05, 3.63) is 97.1 Å². The van der Waals surface area contributed by atoms with E-state index >= 15 is 0 Å². The summed E-state index contributed by atoms with van der Waals surface area (Å²) in [6.45, 7) is 0. The molecule has 0 unspecified atom stereocenters. The van der Waals surface area contributed by atoms with Gasteiger partial charge in [-0.1, -0.05) is 48.5 Å². The van der Waals surface area contributed by atoms with E-state index < -0.39 is 9.84 Å². The van der Waals surface area contributed by atoms with Crippen LogP contribution in [0, 0.1) is 0 Å². The zero-order valence-corrected chi connectivity index (χ0v) is 17.0. The summed E-state index contributed by atoms with van der Waals surface area (Å²) >= 11 is 0. The molecule has 0 bridgehead atoms. The highest BCUT2D eigenvalue weighted by Gasteiger charge is 2.29. The highest BCUT2D eigenvalue weighted by molar-refractivity contribution is 7.91. The smallest absolute Gasteiger partial charge is 0.214 e. The second-order valence-corrected chi connectivity index (χ2v) is 8.43. The van der Waals surface area contributed by atoms with Gasteiger partial charge in [-0.2, -0.15) is 0 Å². The normalized spacial score (nSPS) is 11.1. The lowest BCUT2D eigenvalue weighted by Gasteiger charge is -2.16. The number of sulfone groups is 1. The number of ether oxygens (including phenoxy) is 2. The molecule has 0 radical (unpaired) electrons. The standard InChI is InChI=1S/C24H18O6S/c25-19-13-7-15-21(23(19)29-17-9-3-1-4-10-17)31(27,28)22-16-8-14-20(26)24(22)30-18-11-5-2-6-12-18/h1-16,25-26H. The molecule has 4 aromatic rings. The number of hydrogen-bond donors (Lipinski definition) is 2. The van der Waals surface area contributed by atoms with E-state index in [0.717, 1.165) is 0 Å². The average Bonchev–Trinajstić information content (AvgIpc) is 2.78. The predicted molar refractivity (Wildman–Crippen MR) is 115 cm³/mol. The Balaban J connectivity index is 1.84. The van der Waals surface area contributed by atoms with Gasteiger partial charge in [-0.25, -0.2) is 8.42 Å². The van der Waals surface area contributed by atoms with E-state index in [1.54, 1.807) is 60.7 Å². The van der Waals surface area contributed by atoms with Crippen molar-refractivity contribution >= 4 is 9.84 Å². The first-order valence-corrected chi connectivity index (χ1v) is 10.8. The Hall–Kier alpha value is -3.97. The Kier molecular flexibility index (Phi) is 5.51. The maximum Gasteiger partial charge on any atom is 0.214 e. The lowest BCUT2D eigenvalue weighted by molar-refractivity contribution is 0.398. The largest absolute Gasteiger partial charge is 0.504 e. The molecule has 0 aliphatic heterocycles. The molecule has 0 aliphatic carbocycles. The molecule has 0 saturated heterocycles. The van der Waals surface area contributed by atoms with Crippen molar-refractivity contribution in [1.82, 2.24) is 0 Å². The van der Waals surface area contributed by atoms with E-state index in [0.29, 0.717) is 11.5 Å². The minimum atomic E-state index is -4.26. The van der Waals surface area contributed by atoms with Gasteiger partial charge in [0.1, 0.15) is 21.3 Å². The minimum Gasteiger partial charge on any atom is -0.504 e. The molecule has 2 N–H and O–H groups in total. The molecule has 0 fully saturated rings. The lowest BCUT2D eigenvalue weighted by Crippen LogP contribution is -2.06. The van der Waals surface area contributed by atoms with Crippen LogP contribution in [0.1, 0.15) is 0 Å². The summed E-state index contributed by atoms with van der Waals surface area (Å²) in [5.41, 5.74) is 0. The van der Waals surface area contributed by atoms with Gasteiger partial charge in [0.2, 0.25) is 9.84 Å². The molecule has 0 aliphatic rings. The van der Waals surface area contributed by atoms with Gasteiger partial charge in [-0.15, -0.1) is 0 Å². The van der Waals surface area contributed by atoms with Gasteiger partial charge in [0.25, 0.3) is 0 Å². The quantitative estimate of drug-likeness (QED) is 0.415. The van der Waals surface area contributed by atoms with Gasteiger partial charge in [0.15, 0.2) is 23.0 Å². The third kappa shape index (κ3) is 4.17. The third-order valence-corrected chi connectivity index (χ3v) is 6.22. The number of rotatable bonds is 6. The van der Waals surface area contributed by atoms with E-state index in [4.69, 9.17) is 9.47 Å². The number of aromatic hydroxyl groups is 2. The first kappa shape index (κ1) is 20.3. The summed E-state index contributed by atoms with van der Waals surface area (Å²) in [7, 11) is -4.26. The van der Waals surface area contributed by atoms with Gasteiger partial charge in [0.05, 0.1) is 0 Å². The van der Waals surface area contributed by atoms with Crippen LogP contribution in [0.4, 0.5) is 0 Å². The predicted octanol–water partition coefficient (Wildman–Crippen LogP) is 5.52. The number of benzene rings is 4. The molecule has 0 atom stereocenters. The Labute approximate surface area is 179 Å². The zero-order valence-electron chi connectivity index (χ0n) is 16.2. The molecule has 4 aromatic carbocycles. The first-order chi connectivity index (χ1) is 15.0. The fourth-order valence-corrected chi connectivity index (χ4v) is 4.50. The van der Waals surface area contributed by atoms with Crippen molar-refractivity contribution in [2.24, 2.45) is 0 Å². The van der Waals surface area contributed by atoms with E-state index in [1.165, 1.54) is 36.4 Å². The summed E-state index contributed by atoms with van der Waals surface area (Å²) in [4.78, 5) is -0.528. The summed E-state index contributed by atoms with van der Waals surface area (Å²) in [5, 5.41) is 20.7. The number of hydrogen-bond acceptors (Lipinski definition) is 6. The van der Waals surface area contributed by atoms with Gasteiger partial charge in [0, 0.05) is 0 Å². The Morgan fingerprint density at radius 2 is 0.903 bits per heavy atom. The van der Waals surface area contributed by atoms with Crippen LogP contribution in [-0.4, -0.2) is 18.6 Å². The van der Waals surface area contributed by atoms with Gasteiger partial charge in [-0.3, -0.25) is 0 Å². The second-order valence-electron chi connectivity index (χ2n) is 6.54. The summed E-state index contributed by atoms with van der Waals surface area (Å²) in [6.07, 6.45) is 0.